The van der Waals surface area contributed by atoms with Gasteiger partial charge in [0, 0.05) is 23.5 Å². The molecule has 1 amide bonds. The molecule has 2 heterocycles. The summed E-state index contributed by atoms with van der Waals surface area (Å²) in [4.78, 5) is 15.1. The molecule has 0 saturated carbocycles. The summed E-state index contributed by atoms with van der Waals surface area (Å²) in [5, 5.41) is 12.1. The third-order valence-corrected chi connectivity index (χ3v) is 5.68. The van der Waals surface area contributed by atoms with Gasteiger partial charge in [0.1, 0.15) is 6.04 Å². The highest BCUT2D eigenvalue weighted by atomic mass is 35.5. The molecule has 0 spiro atoms. The van der Waals surface area contributed by atoms with E-state index < -0.39 is 6.04 Å². The monoisotopic (exact) mass is 418 g/mol. The van der Waals surface area contributed by atoms with E-state index in [1.807, 2.05) is 51.7 Å². The van der Waals surface area contributed by atoms with E-state index in [1.54, 1.807) is 0 Å². The van der Waals surface area contributed by atoms with Gasteiger partial charge in [-0.25, -0.2) is 0 Å². The Morgan fingerprint density at radius 2 is 1.79 bits per heavy atom. The van der Waals surface area contributed by atoms with Crippen LogP contribution in [0.25, 0.3) is 0 Å². The Morgan fingerprint density at radius 3 is 2.31 bits per heavy atom. The van der Waals surface area contributed by atoms with Gasteiger partial charge in [-0.05, 0) is 42.4 Å². The fourth-order valence-electron chi connectivity index (χ4n) is 3.60. The van der Waals surface area contributed by atoms with Gasteiger partial charge in [0.2, 0.25) is 11.8 Å². The van der Waals surface area contributed by atoms with Crippen molar-refractivity contribution in [3.05, 3.63) is 40.7 Å². The van der Waals surface area contributed by atoms with Crippen LogP contribution in [0.1, 0.15) is 64.8 Å². The van der Waals surface area contributed by atoms with Crippen LogP contribution in [0.2, 0.25) is 5.02 Å². The van der Waals surface area contributed by atoms with E-state index >= 15 is 0 Å². The maximum atomic E-state index is 13.2. The van der Waals surface area contributed by atoms with Gasteiger partial charge in [-0.1, -0.05) is 63.5 Å². The highest BCUT2D eigenvalue weighted by Gasteiger charge is 2.32. The smallest absolute Gasteiger partial charge is 0.316 e. The van der Waals surface area contributed by atoms with Gasteiger partial charge in [-0.15, -0.1) is 5.10 Å². The molecule has 0 bridgehead atoms. The van der Waals surface area contributed by atoms with Crippen LogP contribution in [0.5, 0.6) is 0 Å². The number of hydrogen-bond donors (Lipinski definition) is 1. The van der Waals surface area contributed by atoms with Crippen LogP contribution in [-0.4, -0.2) is 40.1 Å². The van der Waals surface area contributed by atoms with Crippen molar-refractivity contribution in [3.8, 4) is 0 Å². The first-order valence-corrected chi connectivity index (χ1v) is 10.7. The largest absolute Gasteiger partial charge is 0.408 e. The maximum absolute atomic E-state index is 13.2. The molecule has 1 aliphatic rings. The molecule has 1 unspecified atom stereocenters. The Morgan fingerprint density at radius 1 is 1.17 bits per heavy atom. The summed E-state index contributed by atoms with van der Waals surface area (Å²) in [6.07, 6.45) is 1.90. The number of halogens is 1. The number of anilines is 1. The maximum Gasteiger partial charge on any atom is 0.316 e. The molecule has 1 aromatic carbocycles. The number of amides is 1. The lowest BCUT2D eigenvalue weighted by atomic mass is 9.89. The molecule has 6 nitrogen and oxygen atoms in total. The number of benzene rings is 1. The minimum Gasteiger partial charge on any atom is -0.408 e. The SMILES string of the molecule is CC(C)C(Nc1nnc(C(C)(C)C)o1)C(=O)N1CCC(c2ccc(Cl)cc2)CC1. The fourth-order valence-corrected chi connectivity index (χ4v) is 3.72. The first-order chi connectivity index (χ1) is 13.6. The molecule has 1 N–H and O–H groups in total. The lowest BCUT2D eigenvalue weighted by Gasteiger charge is -2.35. The molecule has 1 aromatic heterocycles. The molecule has 1 aliphatic heterocycles. The average Bonchev–Trinajstić information content (AvgIpc) is 3.15. The van der Waals surface area contributed by atoms with Crippen LogP contribution in [0.15, 0.2) is 28.7 Å². The Hall–Kier alpha value is -2.08. The molecule has 158 valence electrons. The molecule has 0 radical (unpaired) electrons. The summed E-state index contributed by atoms with van der Waals surface area (Å²) in [6.45, 7) is 11.6. The van der Waals surface area contributed by atoms with Gasteiger partial charge in [-0.3, -0.25) is 4.79 Å². The van der Waals surface area contributed by atoms with E-state index in [0.29, 0.717) is 17.8 Å². The highest BCUT2D eigenvalue weighted by molar-refractivity contribution is 6.30. The number of likely N-dealkylation sites (tertiary alicyclic amines) is 1. The average molecular weight is 419 g/mol. The second kappa shape index (κ2) is 8.74. The third kappa shape index (κ3) is 5.30. The number of hydrogen-bond acceptors (Lipinski definition) is 5. The molecule has 1 fully saturated rings. The van der Waals surface area contributed by atoms with Gasteiger partial charge >= 0.3 is 6.01 Å². The summed E-state index contributed by atoms with van der Waals surface area (Å²) in [5.41, 5.74) is 1.06. The lowest BCUT2D eigenvalue weighted by Crippen LogP contribution is -2.48. The molecule has 1 atom stereocenters. The Labute approximate surface area is 178 Å². The second-order valence-electron chi connectivity index (χ2n) is 9.18. The second-order valence-corrected chi connectivity index (χ2v) is 9.62. The van der Waals surface area contributed by atoms with Crippen molar-refractivity contribution in [2.45, 2.75) is 64.8 Å². The first kappa shape index (κ1) is 21.6. The number of nitrogens with zero attached hydrogens (tertiary/aromatic N) is 3. The molecule has 2 aromatic rings. The zero-order valence-electron chi connectivity index (χ0n) is 17.9. The van der Waals surface area contributed by atoms with E-state index in [0.717, 1.165) is 31.0 Å². The number of carbonyl (C=O) groups is 1. The number of piperidine rings is 1. The highest BCUT2D eigenvalue weighted by Crippen LogP contribution is 2.30. The zero-order chi connectivity index (χ0) is 21.2. The Bertz CT molecular complexity index is 818. The van der Waals surface area contributed by atoms with Gasteiger partial charge in [-0.2, -0.15) is 0 Å². The summed E-state index contributed by atoms with van der Waals surface area (Å²) in [5.74, 6) is 1.21. The van der Waals surface area contributed by atoms with E-state index in [-0.39, 0.29) is 17.2 Å². The van der Waals surface area contributed by atoms with Gasteiger partial charge < -0.3 is 14.6 Å². The standard InChI is InChI=1S/C22H31ClN4O2/c1-14(2)18(24-21-26-25-20(29-21)22(3,4)5)19(28)27-12-10-16(11-13-27)15-6-8-17(23)9-7-15/h6-9,14,16,18H,10-13H2,1-5H3,(H,24,26). The van der Waals surface area contributed by atoms with E-state index in [9.17, 15) is 4.79 Å². The lowest BCUT2D eigenvalue weighted by molar-refractivity contribution is -0.134. The van der Waals surface area contributed by atoms with E-state index in [1.165, 1.54) is 5.56 Å². The van der Waals surface area contributed by atoms with Crippen molar-refractivity contribution in [3.63, 3.8) is 0 Å². The van der Waals surface area contributed by atoms with Crippen molar-refractivity contribution < 1.29 is 9.21 Å². The zero-order valence-corrected chi connectivity index (χ0v) is 18.7. The van der Waals surface area contributed by atoms with Gasteiger partial charge in [0.15, 0.2) is 0 Å². The topological polar surface area (TPSA) is 71.3 Å². The van der Waals surface area contributed by atoms with Crippen molar-refractivity contribution in [1.82, 2.24) is 15.1 Å². The Balaban J connectivity index is 1.62. The van der Waals surface area contributed by atoms with E-state index in [2.05, 4.69) is 27.6 Å². The fraction of sp³-hybridized carbons (Fsp3) is 0.591. The molecule has 7 heteroatoms. The molecule has 29 heavy (non-hydrogen) atoms. The minimum absolute atomic E-state index is 0.0880. The van der Waals surface area contributed by atoms with Crippen molar-refractivity contribution in [1.29, 1.82) is 0 Å². The molecular formula is C22H31ClN4O2. The van der Waals surface area contributed by atoms with Crippen molar-refractivity contribution in [2.24, 2.45) is 5.92 Å². The summed E-state index contributed by atoms with van der Waals surface area (Å²) < 4.78 is 5.74. The molecule has 3 rings (SSSR count). The predicted molar refractivity (Wildman–Crippen MR) is 115 cm³/mol. The van der Waals surface area contributed by atoms with Crippen LogP contribution >= 0.6 is 11.6 Å². The van der Waals surface area contributed by atoms with Gasteiger partial charge in [0.25, 0.3) is 0 Å². The van der Waals surface area contributed by atoms with Gasteiger partial charge in [0.05, 0.1) is 0 Å². The number of nitrogens with one attached hydrogen (secondary N) is 1. The normalized spacial score (nSPS) is 16.9. The predicted octanol–water partition coefficient (Wildman–Crippen LogP) is 4.86. The Kier molecular flexibility index (Phi) is 6.52. The van der Waals surface area contributed by atoms with E-state index in [4.69, 9.17) is 16.0 Å². The first-order valence-electron chi connectivity index (χ1n) is 10.3. The number of rotatable bonds is 5. The summed E-state index contributed by atoms with van der Waals surface area (Å²) in [6, 6.07) is 7.96. The van der Waals surface area contributed by atoms with Crippen LogP contribution in [-0.2, 0) is 10.2 Å². The van der Waals surface area contributed by atoms with Crippen molar-refractivity contribution in [2.75, 3.05) is 18.4 Å². The quantitative estimate of drug-likeness (QED) is 0.750. The molecule has 1 saturated heterocycles. The van der Waals surface area contributed by atoms with Crippen LogP contribution in [0.3, 0.4) is 0 Å². The summed E-state index contributed by atoms with van der Waals surface area (Å²) in [7, 11) is 0. The number of carbonyl (C=O) groups excluding carboxylic acids is 1. The third-order valence-electron chi connectivity index (χ3n) is 5.43. The van der Waals surface area contributed by atoms with Crippen LogP contribution in [0.4, 0.5) is 6.01 Å². The van der Waals surface area contributed by atoms with Crippen LogP contribution in [0, 0.1) is 5.92 Å². The molecule has 0 aliphatic carbocycles. The minimum atomic E-state index is -0.393. The van der Waals surface area contributed by atoms with Crippen LogP contribution < -0.4 is 5.32 Å². The number of aromatic nitrogens is 2. The summed E-state index contributed by atoms with van der Waals surface area (Å²) >= 11 is 6.00. The molecular weight excluding hydrogens is 388 g/mol. The van der Waals surface area contributed by atoms with Crippen molar-refractivity contribution >= 4 is 23.5 Å².